The van der Waals surface area contributed by atoms with Crippen molar-refractivity contribution >= 4 is 17.7 Å². The van der Waals surface area contributed by atoms with Crippen LogP contribution in [-0.2, 0) is 4.79 Å². The molecule has 0 fully saturated rings. The van der Waals surface area contributed by atoms with Crippen LogP contribution in [0.25, 0.3) is 0 Å². The molecule has 2 nitrogen and oxygen atoms in total. The number of rotatable bonds is 3. The van der Waals surface area contributed by atoms with Gasteiger partial charge in [-0.25, -0.2) is 0 Å². The van der Waals surface area contributed by atoms with Crippen molar-refractivity contribution in [2.24, 2.45) is 0 Å². The van der Waals surface area contributed by atoms with Crippen LogP contribution in [0.15, 0.2) is 0 Å². The molecule has 54 valence electrons. The van der Waals surface area contributed by atoms with E-state index < -0.39 is 11.2 Å². The fourth-order valence-electron chi connectivity index (χ4n) is 0.240. The van der Waals surface area contributed by atoms with Crippen molar-refractivity contribution in [1.29, 1.82) is 0 Å². The molecule has 0 rings (SSSR count). The molecule has 0 aromatic heterocycles. The molecule has 0 aliphatic carbocycles. The normalized spacial score (nSPS) is 10.3. The molecule has 0 atom stereocenters. The first-order valence-electron chi connectivity index (χ1n) is 2.24. The number of aliphatic carboxylic acids is 1. The summed E-state index contributed by atoms with van der Waals surface area (Å²) in [5, 5.41) is 5.80. The second-order valence-corrected chi connectivity index (χ2v) is 2.62. The average Bonchev–Trinajstić information content (AvgIpc) is 1.65. The molecule has 0 aromatic rings. The van der Waals surface area contributed by atoms with E-state index in [2.05, 4.69) is 0 Å². The molecule has 0 aliphatic heterocycles. The van der Waals surface area contributed by atoms with E-state index in [4.69, 9.17) is 0 Å². The van der Waals surface area contributed by atoms with Crippen LogP contribution in [0.5, 0.6) is 0 Å². The maximum absolute atomic E-state index is 11.8. The summed E-state index contributed by atoms with van der Waals surface area (Å²) in [5.41, 5.74) is 0. The quantitative estimate of drug-likeness (QED) is 0.452. The standard InChI is InChI=1S/C4H6F2O2S.K/c1-2-9-4(5,6)3(7)8;/h2H2,1H3,(H,7,8);/q;+1/p-1. The minimum atomic E-state index is -3.73. The van der Waals surface area contributed by atoms with Gasteiger partial charge in [0.05, 0.1) is 0 Å². The van der Waals surface area contributed by atoms with Gasteiger partial charge in [0.1, 0.15) is 5.97 Å². The molecule has 6 heteroatoms. The number of carbonyl (C=O) groups is 1. The van der Waals surface area contributed by atoms with Gasteiger partial charge in [0.15, 0.2) is 0 Å². The molecule has 0 heterocycles. The topological polar surface area (TPSA) is 40.1 Å². The van der Waals surface area contributed by atoms with Crippen LogP contribution in [0, 0.1) is 0 Å². The maximum Gasteiger partial charge on any atom is 1.00 e. The molecular weight excluding hydrogens is 189 g/mol. The molecule has 0 bridgehead atoms. The zero-order valence-corrected chi connectivity index (χ0v) is 9.63. The third kappa shape index (κ3) is 5.03. The summed E-state index contributed by atoms with van der Waals surface area (Å²) in [6.07, 6.45) is 0. The number of alkyl halides is 2. The van der Waals surface area contributed by atoms with Gasteiger partial charge in [-0.05, 0) is 5.75 Å². The van der Waals surface area contributed by atoms with E-state index in [1.165, 1.54) is 6.92 Å². The summed E-state index contributed by atoms with van der Waals surface area (Å²) in [4.78, 5) is 9.53. The second kappa shape index (κ2) is 5.90. The van der Waals surface area contributed by atoms with Crippen molar-refractivity contribution in [2.45, 2.75) is 12.2 Å². The number of carbonyl (C=O) groups excluding carboxylic acids is 1. The van der Waals surface area contributed by atoms with Gasteiger partial charge >= 0.3 is 56.6 Å². The van der Waals surface area contributed by atoms with Crippen molar-refractivity contribution in [3.8, 4) is 0 Å². The fourth-order valence-corrected chi connectivity index (χ4v) is 0.721. The first-order chi connectivity index (χ1) is 4.00. The summed E-state index contributed by atoms with van der Waals surface area (Å²) in [6, 6.07) is 0. The van der Waals surface area contributed by atoms with E-state index in [1.807, 2.05) is 0 Å². The van der Waals surface area contributed by atoms with E-state index >= 15 is 0 Å². The van der Waals surface area contributed by atoms with Crippen LogP contribution in [0.4, 0.5) is 8.78 Å². The van der Waals surface area contributed by atoms with Gasteiger partial charge in [0.25, 0.3) is 0 Å². The van der Waals surface area contributed by atoms with E-state index in [0.717, 1.165) is 0 Å². The Labute approximate surface area is 104 Å². The molecule has 0 aliphatic rings. The number of hydrogen-bond acceptors (Lipinski definition) is 3. The molecule has 0 saturated carbocycles. The summed E-state index contributed by atoms with van der Waals surface area (Å²) in [5.74, 6) is -2.27. The first-order valence-corrected chi connectivity index (χ1v) is 3.22. The monoisotopic (exact) mass is 194 g/mol. The van der Waals surface area contributed by atoms with Crippen molar-refractivity contribution < 1.29 is 70.1 Å². The van der Waals surface area contributed by atoms with E-state index in [0.29, 0.717) is 0 Å². The minimum absolute atomic E-state index is 0. The molecule has 0 N–H and O–H groups in total. The Morgan fingerprint density at radius 1 is 1.70 bits per heavy atom. The Balaban J connectivity index is 0. The maximum atomic E-state index is 11.8. The SMILES string of the molecule is CCSC(F)(F)C(=O)[O-].[K+]. The molecule has 0 radical (unpaired) electrons. The Morgan fingerprint density at radius 2 is 2.10 bits per heavy atom. The average molecular weight is 194 g/mol. The first kappa shape index (κ1) is 13.9. The van der Waals surface area contributed by atoms with Gasteiger partial charge in [-0.2, -0.15) is 8.78 Å². The number of hydrogen-bond donors (Lipinski definition) is 0. The van der Waals surface area contributed by atoms with Crippen LogP contribution < -0.4 is 56.5 Å². The zero-order valence-electron chi connectivity index (χ0n) is 5.69. The Morgan fingerprint density at radius 3 is 2.20 bits per heavy atom. The summed E-state index contributed by atoms with van der Waals surface area (Å²) in [6.45, 7) is 1.45. The fraction of sp³-hybridized carbons (Fsp3) is 0.750. The van der Waals surface area contributed by atoms with Crippen molar-refractivity contribution in [3.05, 3.63) is 0 Å². The van der Waals surface area contributed by atoms with Gasteiger partial charge in [0, 0.05) is 0 Å². The van der Waals surface area contributed by atoms with Gasteiger partial charge in [0.2, 0.25) is 0 Å². The third-order valence-corrected chi connectivity index (χ3v) is 1.38. The Kier molecular flexibility index (Phi) is 8.19. The van der Waals surface area contributed by atoms with Crippen LogP contribution >= 0.6 is 11.8 Å². The van der Waals surface area contributed by atoms with Gasteiger partial charge in [-0.1, -0.05) is 18.7 Å². The van der Waals surface area contributed by atoms with E-state index in [-0.39, 0.29) is 68.9 Å². The Bertz CT molecular complexity index is 120. The smallest absolute Gasteiger partial charge is 0.543 e. The van der Waals surface area contributed by atoms with Crippen LogP contribution in [0.2, 0.25) is 0 Å². The van der Waals surface area contributed by atoms with Crippen molar-refractivity contribution in [3.63, 3.8) is 0 Å². The number of carboxylic acid groups (broad SMARTS) is 1. The van der Waals surface area contributed by atoms with Crippen LogP contribution in [-0.4, -0.2) is 17.0 Å². The molecule has 0 aromatic carbocycles. The minimum Gasteiger partial charge on any atom is -0.543 e. The number of thioether (sulfide) groups is 1. The zero-order chi connectivity index (χ0) is 7.49. The molecule has 0 saturated heterocycles. The van der Waals surface area contributed by atoms with Crippen molar-refractivity contribution in [2.75, 3.05) is 5.75 Å². The van der Waals surface area contributed by atoms with Gasteiger partial charge in [-0.15, -0.1) is 0 Å². The third-order valence-electron chi connectivity index (χ3n) is 0.563. The molecule has 0 spiro atoms. The predicted molar refractivity (Wildman–Crippen MR) is 28.1 cm³/mol. The largest absolute Gasteiger partial charge is 1.00 e. The molecule has 0 amide bonds. The van der Waals surface area contributed by atoms with Crippen molar-refractivity contribution in [1.82, 2.24) is 0 Å². The Hall–Kier alpha value is 1.32. The van der Waals surface area contributed by atoms with Gasteiger partial charge in [-0.3, -0.25) is 0 Å². The van der Waals surface area contributed by atoms with Crippen LogP contribution in [0.3, 0.4) is 0 Å². The predicted octanol–water partition coefficient (Wildman–Crippen LogP) is -2.91. The molecule has 10 heavy (non-hydrogen) atoms. The van der Waals surface area contributed by atoms with Crippen LogP contribution in [0.1, 0.15) is 6.92 Å². The number of halogens is 2. The number of carboxylic acids is 1. The summed E-state index contributed by atoms with van der Waals surface area (Å²) < 4.78 is 23.7. The molecular formula is C4H5F2KO2S. The summed E-state index contributed by atoms with van der Waals surface area (Å²) >= 11 is 0.0463. The second-order valence-electron chi connectivity index (χ2n) is 1.24. The summed E-state index contributed by atoms with van der Waals surface area (Å²) in [7, 11) is 0. The molecule has 0 unspecified atom stereocenters. The van der Waals surface area contributed by atoms with Gasteiger partial charge < -0.3 is 9.90 Å². The van der Waals surface area contributed by atoms with E-state index in [1.54, 1.807) is 0 Å². The van der Waals surface area contributed by atoms with E-state index in [9.17, 15) is 18.7 Å².